The minimum absolute atomic E-state index is 0.0678. The number of methoxy groups -OCH3 is 1. The Morgan fingerprint density at radius 1 is 1.19 bits per heavy atom. The first-order valence-electron chi connectivity index (χ1n) is 8.64. The molecule has 1 fully saturated rings. The topological polar surface area (TPSA) is 74.8 Å². The second-order valence-corrected chi connectivity index (χ2v) is 6.52. The standard InChI is InChI=1S/C19H21ClN4O3/c1-27-17-5-3-2-4-16(17)23-8-10-24(11-9-23)18(25)13-22-19(26)15-12-14(20)6-7-21-15/h2-7,12H,8-11,13H2,1H3,(H,22,26). The third-order valence-electron chi connectivity index (χ3n) is 4.41. The highest BCUT2D eigenvalue weighted by Gasteiger charge is 2.23. The van der Waals surface area contributed by atoms with Gasteiger partial charge in [-0.15, -0.1) is 0 Å². The number of nitrogens with one attached hydrogen (secondary N) is 1. The van der Waals surface area contributed by atoms with E-state index < -0.39 is 5.91 Å². The summed E-state index contributed by atoms with van der Waals surface area (Å²) in [5.41, 5.74) is 1.21. The molecule has 1 aliphatic rings. The SMILES string of the molecule is COc1ccccc1N1CCN(C(=O)CNC(=O)c2cc(Cl)ccn2)CC1. The molecule has 0 radical (unpaired) electrons. The van der Waals surface area contributed by atoms with E-state index in [1.807, 2.05) is 24.3 Å². The molecule has 0 saturated carbocycles. The van der Waals surface area contributed by atoms with Crippen LogP contribution in [-0.2, 0) is 4.79 Å². The number of carbonyl (C=O) groups is 2. The Hall–Kier alpha value is -2.80. The van der Waals surface area contributed by atoms with Gasteiger partial charge in [0.15, 0.2) is 0 Å². The maximum absolute atomic E-state index is 12.4. The molecule has 27 heavy (non-hydrogen) atoms. The van der Waals surface area contributed by atoms with Crippen LogP contribution in [0.3, 0.4) is 0 Å². The molecular formula is C19H21ClN4O3. The van der Waals surface area contributed by atoms with Crippen LogP contribution in [0.15, 0.2) is 42.6 Å². The molecule has 1 saturated heterocycles. The highest BCUT2D eigenvalue weighted by atomic mass is 35.5. The molecule has 2 aromatic rings. The lowest BCUT2D eigenvalue weighted by Gasteiger charge is -2.36. The zero-order valence-electron chi connectivity index (χ0n) is 15.0. The van der Waals surface area contributed by atoms with Gasteiger partial charge in [0.25, 0.3) is 5.91 Å². The molecule has 1 aliphatic heterocycles. The minimum Gasteiger partial charge on any atom is -0.495 e. The summed E-state index contributed by atoms with van der Waals surface area (Å²) in [7, 11) is 1.65. The van der Waals surface area contributed by atoms with Gasteiger partial charge in [-0.1, -0.05) is 23.7 Å². The van der Waals surface area contributed by atoms with Gasteiger partial charge in [0.05, 0.1) is 19.3 Å². The molecule has 3 rings (SSSR count). The Morgan fingerprint density at radius 3 is 2.63 bits per heavy atom. The zero-order valence-corrected chi connectivity index (χ0v) is 15.8. The van der Waals surface area contributed by atoms with Crippen LogP contribution in [0, 0.1) is 0 Å². The Bertz CT molecular complexity index is 822. The molecule has 142 valence electrons. The molecule has 0 aliphatic carbocycles. The van der Waals surface area contributed by atoms with Crippen molar-refractivity contribution in [3.63, 3.8) is 0 Å². The number of halogens is 1. The lowest BCUT2D eigenvalue weighted by molar-refractivity contribution is -0.130. The third kappa shape index (κ3) is 4.68. The maximum Gasteiger partial charge on any atom is 0.270 e. The van der Waals surface area contributed by atoms with Crippen LogP contribution in [0.1, 0.15) is 10.5 Å². The van der Waals surface area contributed by atoms with Gasteiger partial charge in [-0.2, -0.15) is 0 Å². The third-order valence-corrected chi connectivity index (χ3v) is 4.65. The zero-order chi connectivity index (χ0) is 19.2. The van der Waals surface area contributed by atoms with Gasteiger partial charge < -0.3 is 19.9 Å². The lowest BCUT2D eigenvalue weighted by Crippen LogP contribution is -2.51. The normalized spacial score (nSPS) is 14.0. The first kappa shape index (κ1) is 19.0. The van der Waals surface area contributed by atoms with E-state index in [9.17, 15) is 9.59 Å². The van der Waals surface area contributed by atoms with Crippen molar-refractivity contribution in [2.75, 3.05) is 44.7 Å². The summed E-state index contributed by atoms with van der Waals surface area (Å²) in [6.07, 6.45) is 1.45. The lowest BCUT2D eigenvalue weighted by atomic mass is 10.2. The summed E-state index contributed by atoms with van der Waals surface area (Å²) < 4.78 is 5.40. The van der Waals surface area contributed by atoms with Crippen LogP contribution in [-0.4, -0.2) is 61.5 Å². The summed E-state index contributed by atoms with van der Waals surface area (Å²) in [5.74, 6) is 0.280. The van der Waals surface area contributed by atoms with Crippen LogP contribution in [0.5, 0.6) is 5.75 Å². The quantitative estimate of drug-likeness (QED) is 0.845. The minimum atomic E-state index is -0.418. The highest BCUT2D eigenvalue weighted by Crippen LogP contribution is 2.28. The number of hydrogen-bond donors (Lipinski definition) is 1. The Morgan fingerprint density at radius 2 is 1.93 bits per heavy atom. The molecule has 1 N–H and O–H groups in total. The molecule has 1 aromatic heterocycles. The number of benzene rings is 1. The molecule has 1 aromatic carbocycles. The number of rotatable bonds is 5. The van der Waals surface area contributed by atoms with E-state index in [-0.39, 0.29) is 18.1 Å². The van der Waals surface area contributed by atoms with Crippen LogP contribution < -0.4 is 15.0 Å². The van der Waals surface area contributed by atoms with Crippen molar-refractivity contribution in [2.24, 2.45) is 0 Å². The van der Waals surface area contributed by atoms with Gasteiger partial charge in [0.1, 0.15) is 11.4 Å². The van der Waals surface area contributed by atoms with E-state index in [0.717, 1.165) is 11.4 Å². The van der Waals surface area contributed by atoms with Gasteiger partial charge >= 0.3 is 0 Å². The van der Waals surface area contributed by atoms with Crippen molar-refractivity contribution in [1.82, 2.24) is 15.2 Å². The summed E-state index contributed by atoms with van der Waals surface area (Å²) >= 11 is 5.85. The van der Waals surface area contributed by atoms with Gasteiger partial charge in [0.2, 0.25) is 5.91 Å². The predicted octanol–water partition coefficient (Wildman–Crippen LogP) is 1.82. The monoisotopic (exact) mass is 388 g/mol. The van der Waals surface area contributed by atoms with Crippen molar-refractivity contribution in [3.8, 4) is 5.75 Å². The predicted molar refractivity (Wildman–Crippen MR) is 103 cm³/mol. The van der Waals surface area contributed by atoms with E-state index in [1.54, 1.807) is 18.1 Å². The largest absolute Gasteiger partial charge is 0.495 e. The van der Waals surface area contributed by atoms with E-state index in [0.29, 0.717) is 31.2 Å². The Balaban J connectivity index is 1.50. The number of pyridine rings is 1. The van der Waals surface area contributed by atoms with E-state index >= 15 is 0 Å². The molecule has 2 heterocycles. The average molecular weight is 389 g/mol. The summed E-state index contributed by atoms with van der Waals surface area (Å²) in [6.45, 7) is 2.51. The molecule has 8 heteroatoms. The average Bonchev–Trinajstić information content (AvgIpc) is 2.71. The second kappa shape index (κ2) is 8.73. The van der Waals surface area contributed by atoms with Crippen molar-refractivity contribution in [2.45, 2.75) is 0 Å². The second-order valence-electron chi connectivity index (χ2n) is 6.08. The molecule has 0 atom stereocenters. The van der Waals surface area contributed by atoms with Crippen molar-refractivity contribution in [1.29, 1.82) is 0 Å². The highest BCUT2D eigenvalue weighted by molar-refractivity contribution is 6.30. The Labute approximate surface area is 162 Å². The van der Waals surface area contributed by atoms with Gasteiger partial charge in [0, 0.05) is 37.4 Å². The number of nitrogens with zero attached hydrogens (tertiary/aromatic N) is 3. The Kier molecular flexibility index (Phi) is 6.13. The number of amides is 2. The number of anilines is 1. The smallest absolute Gasteiger partial charge is 0.270 e. The van der Waals surface area contributed by atoms with Crippen molar-refractivity contribution < 1.29 is 14.3 Å². The van der Waals surface area contributed by atoms with E-state index in [2.05, 4.69) is 15.2 Å². The molecule has 7 nitrogen and oxygen atoms in total. The fraction of sp³-hybridized carbons (Fsp3) is 0.316. The van der Waals surface area contributed by atoms with Crippen LogP contribution in [0.4, 0.5) is 5.69 Å². The first-order chi connectivity index (χ1) is 13.1. The molecule has 2 amide bonds. The molecule has 0 spiro atoms. The summed E-state index contributed by atoms with van der Waals surface area (Å²) in [4.78, 5) is 32.3. The van der Waals surface area contributed by atoms with E-state index in [4.69, 9.17) is 16.3 Å². The van der Waals surface area contributed by atoms with Crippen LogP contribution in [0.25, 0.3) is 0 Å². The number of aromatic nitrogens is 1. The van der Waals surface area contributed by atoms with Crippen molar-refractivity contribution >= 4 is 29.1 Å². The van der Waals surface area contributed by atoms with Crippen LogP contribution in [0.2, 0.25) is 5.02 Å². The molecule has 0 unspecified atom stereocenters. The van der Waals surface area contributed by atoms with Crippen molar-refractivity contribution in [3.05, 3.63) is 53.3 Å². The van der Waals surface area contributed by atoms with Gasteiger partial charge in [-0.25, -0.2) is 0 Å². The number of para-hydroxylation sites is 2. The fourth-order valence-electron chi connectivity index (χ4n) is 2.97. The molecular weight excluding hydrogens is 368 g/mol. The van der Waals surface area contributed by atoms with Crippen LogP contribution >= 0.6 is 11.6 Å². The number of piperazine rings is 1. The number of ether oxygens (including phenoxy) is 1. The van der Waals surface area contributed by atoms with Gasteiger partial charge in [-0.05, 0) is 24.3 Å². The van der Waals surface area contributed by atoms with Gasteiger partial charge in [-0.3, -0.25) is 14.6 Å². The number of carbonyl (C=O) groups excluding carboxylic acids is 2. The number of hydrogen-bond acceptors (Lipinski definition) is 5. The summed E-state index contributed by atoms with van der Waals surface area (Å²) in [5, 5.41) is 3.02. The first-order valence-corrected chi connectivity index (χ1v) is 9.02. The summed E-state index contributed by atoms with van der Waals surface area (Å²) in [6, 6.07) is 10.9. The maximum atomic E-state index is 12.4. The van der Waals surface area contributed by atoms with E-state index in [1.165, 1.54) is 12.3 Å². The fourth-order valence-corrected chi connectivity index (χ4v) is 3.13. The molecule has 0 bridgehead atoms.